The zero-order chi connectivity index (χ0) is 15.0. The Morgan fingerprint density at radius 2 is 1.70 bits per heavy atom. The van der Waals surface area contributed by atoms with Gasteiger partial charge in [0.1, 0.15) is 6.10 Å². The second-order valence-corrected chi connectivity index (χ2v) is 6.31. The molecule has 1 aromatic carbocycles. The van der Waals surface area contributed by atoms with Crippen LogP contribution in [0.4, 0.5) is 0 Å². The molecule has 1 atom stereocenters. The molecule has 5 nitrogen and oxygen atoms in total. The highest BCUT2D eigenvalue weighted by Crippen LogP contribution is 2.48. The number of carbonyl (C=O) groups excluding carboxylic acids is 1. The molecule has 0 heterocycles. The molecular weight excluding hydrogens is 279 g/mol. The van der Waals surface area contributed by atoms with Crippen LogP contribution in [0.1, 0.15) is 31.1 Å². The minimum absolute atomic E-state index is 0.0489. The molecule has 0 aliphatic heterocycles. The van der Waals surface area contributed by atoms with E-state index >= 15 is 0 Å². The second-order valence-electron chi connectivity index (χ2n) is 4.21. The lowest BCUT2D eigenvalue weighted by molar-refractivity contribution is 0.0371. The molecule has 1 aromatic rings. The first-order valence-electron chi connectivity index (χ1n) is 6.65. The summed E-state index contributed by atoms with van der Waals surface area (Å²) in [5.74, 6) is -0.447. The van der Waals surface area contributed by atoms with E-state index in [1.807, 2.05) is 6.07 Å². The molecule has 6 heteroatoms. The van der Waals surface area contributed by atoms with Gasteiger partial charge < -0.3 is 13.8 Å². The monoisotopic (exact) mass is 300 g/mol. The fourth-order valence-electron chi connectivity index (χ4n) is 1.71. The Kier molecular flexibility index (Phi) is 6.93. The molecule has 0 aliphatic rings. The molecule has 20 heavy (non-hydrogen) atoms. The largest absolute Gasteiger partial charge is 0.458 e. The lowest BCUT2D eigenvalue weighted by Gasteiger charge is -2.20. The van der Waals surface area contributed by atoms with Gasteiger partial charge in [0, 0.05) is 0 Å². The van der Waals surface area contributed by atoms with Crippen molar-refractivity contribution in [3.8, 4) is 0 Å². The van der Waals surface area contributed by atoms with Crippen LogP contribution >= 0.6 is 7.60 Å². The summed E-state index contributed by atoms with van der Waals surface area (Å²) in [7, 11) is -3.20. The molecule has 0 saturated carbocycles. The number of carbonyl (C=O) groups is 1. The summed E-state index contributed by atoms with van der Waals surface area (Å²) in [5, 5.41) is 0. The Bertz CT molecular complexity index is 450. The Labute approximate surface area is 119 Å². The highest BCUT2D eigenvalue weighted by atomic mass is 31.2. The maximum Gasteiger partial charge on any atom is 0.338 e. The van der Waals surface area contributed by atoms with Gasteiger partial charge in [0.15, 0.2) is 0 Å². The van der Waals surface area contributed by atoms with E-state index in [-0.39, 0.29) is 19.4 Å². The second kappa shape index (κ2) is 8.20. The highest BCUT2D eigenvalue weighted by molar-refractivity contribution is 7.53. The minimum atomic E-state index is -3.20. The van der Waals surface area contributed by atoms with E-state index in [0.717, 1.165) is 0 Å². The topological polar surface area (TPSA) is 61.8 Å². The Morgan fingerprint density at radius 3 is 2.20 bits per heavy atom. The first-order chi connectivity index (χ1) is 9.50. The van der Waals surface area contributed by atoms with Crippen LogP contribution in [0.2, 0.25) is 0 Å². The number of hydrogen-bond donors (Lipinski definition) is 0. The quantitative estimate of drug-likeness (QED) is 0.543. The first kappa shape index (κ1) is 16.9. The summed E-state index contributed by atoms with van der Waals surface area (Å²) in [5.41, 5.74) is 0.460. The lowest BCUT2D eigenvalue weighted by atomic mass is 10.2. The number of ether oxygens (including phenoxy) is 1. The molecule has 0 spiro atoms. The highest BCUT2D eigenvalue weighted by Gasteiger charge is 2.28. The van der Waals surface area contributed by atoms with E-state index < -0.39 is 19.7 Å². The summed E-state index contributed by atoms with van der Waals surface area (Å²) in [6, 6.07) is 8.66. The predicted octanol–water partition coefficient (Wildman–Crippen LogP) is 3.50. The van der Waals surface area contributed by atoms with Gasteiger partial charge in [0.25, 0.3) is 0 Å². The standard InChI is InChI=1S/C14H21O5P/c1-4-17-20(16,18-5-2)11-12(3)19-14(15)13-9-7-6-8-10-13/h6-10,12H,4-5,11H2,1-3H3/t12-/m1/s1. The van der Waals surface area contributed by atoms with E-state index in [0.29, 0.717) is 5.56 Å². The van der Waals surface area contributed by atoms with Crippen molar-refractivity contribution < 1.29 is 23.1 Å². The van der Waals surface area contributed by atoms with Crippen LogP contribution < -0.4 is 0 Å². The maximum atomic E-state index is 12.3. The molecule has 0 unspecified atom stereocenters. The SMILES string of the molecule is CCOP(=O)(C[C@@H](C)OC(=O)c1ccccc1)OCC. The third-order valence-electron chi connectivity index (χ3n) is 2.45. The Hall–Kier alpha value is -1.16. The van der Waals surface area contributed by atoms with Crippen molar-refractivity contribution in [1.82, 2.24) is 0 Å². The number of esters is 1. The van der Waals surface area contributed by atoms with Crippen molar-refractivity contribution in [2.45, 2.75) is 26.9 Å². The van der Waals surface area contributed by atoms with Gasteiger partial charge >= 0.3 is 13.6 Å². The van der Waals surface area contributed by atoms with Crippen molar-refractivity contribution in [3.63, 3.8) is 0 Å². The van der Waals surface area contributed by atoms with Crippen LogP contribution in [0.15, 0.2) is 30.3 Å². The molecule has 0 radical (unpaired) electrons. The molecule has 112 valence electrons. The van der Waals surface area contributed by atoms with Gasteiger partial charge in [-0.15, -0.1) is 0 Å². The fourth-order valence-corrected chi connectivity index (χ4v) is 3.49. The van der Waals surface area contributed by atoms with Crippen LogP contribution in [0, 0.1) is 0 Å². The lowest BCUT2D eigenvalue weighted by Crippen LogP contribution is -2.20. The summed E-state index contributed by atoms with van der Waals surface area (Å²) in [4.78, 5) is 11.9. The fraction of sp³-hybridized carbons (Fsp3) is 0.500. The molecular formula is C14H21O5P. The van der Waals surface area contributed by atoms with Gasteiger partial charge in [-0.2, -0.15) is 0 Å². The molecule has 0 amide bonds. The smallest absolute Gasteiger partial charge is 0.338 e. The molecule has 0 fully saturated rings. The van der Waals surface area contributed by atoms with E-state index in [1.165, 1.54) is 0 Å². The number of benzene rings is 1. The minimum Gasteiger partial charge on any atom is -0.458 e. The average molecular weight is 300 g/mol. The van der Waals surface area contributed by atoms with Crippen molar-refractivity contribution >= 4 is 13.6 Å². The van der Waals surface area contributed by atoms with Crippen molar-refractivity contribution in [2.75, 3.05) is 19.4 Å². The van der Waals surface area contributed by atoms with Gasteiger partial charge in [-0.3, -0.25) is 4.57 Å². The van der Waals surface area contributed by atoms with E-state index in [1.54, 1.807) is 45.0 Å². The average Bonchev–Trinajstić information content (AvgIpc) is 2.39. The number of hydrogen-bond acceptors (Lipinski definition) is 5. The summed E-state index contributed by atoms with van der Waals surface area (Å²) in [6.45, 7) is 5.73. The van der Waals surface area contributed by atoms with Crippen LogP contribution in [-0.4, -0.2) is 31.4 Å². The van der Waals surface area contributed by atoms with E-state index in [9.17, 15) is 9.36 Å². The van der Waals surface area contributed by atoms with Crippen molar-refractivity contribution in [2.24, 2.45) is 0 Å². The van der Waals surface area contributed by atoms with E-state index in [4.69, 9.17) is 13.8 Å². The van der Waals surface area contributed by atoms with Crippen LogP contribution in [0.5, 0.6) is 0 Å². The molecule has 0 N–H and O–H groups in total. The Balaban J connectivity index is 2.60. The Morgan fingerprint density at radius 1 is 1.15 bits per heavy atom. The number of rotatable bonds is 8. The van der Waals surface area contributed by atoms with Gasteiger partial charge in [0.05, 0.1) is 24.9 Å². The summed E-state index contributed by atoms with van der Waals surface area (Å²) >= 11 is 0. The van der Waals surface area contributed by atoms with Gasteiger partial charge in [-0.05, 0) is 32.9 Å². The van der Waals surface area contributed by atoms with Gasteiger partial charge in [-0.1, -0.05) is 18.2 Å². The molecule has 0 bridgehead atoms. The third-order valence-corrected chi connectivity index (χ3v) is 4.71. The molecule has 0 saturated heterocycles. The zero-order valence-corrected chi connectivity index (χ0v) is 13.0. The van der Waals surface area contributed by atoms with Crippen molar-refractivity contribution in [1.29, 1.82) is 0 Å². The summed E-state index contributed by atoms with van der Waals surface area (Å²) in [6.07, 6.45) is -0.501. The van der Waals surface area contributed by atoms with Crippen LogP contribution in [-0.2, 0) is 18.3 Å². The van der Waals surface area contributed by atoms with Crippen molar-refractivity contribution in [3.05, 3.63) is 35.9 Å². The van der Waals surface area contributed by atoms with Crippen LogP contribution in [0.25, 0.3) is 0 Å². The predicted molar refractivity (Wildman–Crippen MR) is 77.0 cm³/mol. The van der Waals surface area contributed by atoms with Gasteiger partial charge in [-0.25, -0.2) is 4.79 Å². The zero-order valence-electron chi connectivity index (χ0n) is 12.1. The molecule has 0 aliphatic carbocycles. The van der Waals surface area contributed by atoms with Gasteiger partial charge in [0.2, 0.25) is 0 Å². The van der Waals surface area contributed by atoms with Crippen LogP contribution in [0.3, 0.4) is 0 Å². The summed E-state index contributed by atoms with van der Waals surface area (Å²) < 4.78 is 27.9. The normalized spacial score (nSPS) is 12.9. The maximum absolute atomic E-state index is 12.3. The molecule has 0 aromatic heterocycles. The molecule has 1 rings (SSSR count). The van der Waals surface area contributed by atoms with E-state index in [2.05, 4.69) is 0 Å². The third kappa shape index (κ3) is 5.45. The first-order valence-corrected chi connectivity index (χ1v) is 8.37.